The Kier molecular flexibility index (Phi) is 8.02. The highest BCUT2D eigenvalue weighted by atomic mass is 16.5. The SMILES string of the molecule is CCCN(CC1(O)CCC2C34C=CC5(C=C3C(=O)c3ccco3)CC(O)CCC5(C)C4CCC21C)C(=O)Cc1ccc(OC)c(OC)c1. The van der Waals surface area contributed by atoms with E-state index in [0.717, 1.165) is 49.7 Å². The van der Waals surface area contributed by atoms with Crippen molar-refractivity contribution in [2.24, 2.45) is 33.5 Å². The van der Waals surface area contributed by atoms with Crippen molar-refractivity contribution >= 4 is 11.7 Å². The number of hydrogen-bond acceptors (Lipinski definition) is 7. The average Bonchev–Trinajstić information content (AvgIpc) is 3.70. The maximum absolute atomic E-state index is 14.4. The summed E-state index contributed by atoms with van der Waals surface area (Å²) in [6, 6.07) is 9.05. The van der Waals surface area contributed by atoms with E-state index in [-0.39, 0.29) is 41.9 Å². The Bertz CT molecular complexity index is 1650. The standard InChI is InChI=1S/C40H51NO7/c1-6-19-41(34(43)22-26-9-10-29(46-4)31(21-26)47-5)25-39(45)16-13-33-37(39,3)15-12-32-36(2)14-11-27(42)23-38(36)17-18-40(32,33)28(24-38)35(44)30-8-7-20-48-30/h7-10,17-18,20-21,24,27,32-33,42,45H,6,11-16,19,22-23,25H2,1-5H3. The zero-order valence-electron chi connectivity index (χ0n) is 29.1. The first-order valence-electron chi connectivity index (χ1n) is 17.8. The van der Waals surface area contributed by atoms with E-state index in [1.165, 1.54) is 0 Å². The third kappa shape index (κ3) is 4.54. The summed E-state index contributed by atoms with van der Waals surface area (Å²) in [6.45, 7) is 7.46. The Hall–Kier alpha value is -3.36. The molecule has 8 unspecified atom stereocenters. The van der Waals surface area contributed by atoms with Gasteiger partial charge in [0.2, 0.25) is 11.7 Å². The van der Waals surface area contributed by atoms with Gasteiger partial charge >= 0.3 is 0 Å². The van der Waals surface area contributed by atoms with E-state index in [9.17, 15) is 19.8 Å². The summed E-state index contributed by atoms with van der Waals surface area (Å²) >= 11 is 0. The number of aliphatic hydroxyl groups excluding tert-OH is 1. The van der Waals surface area contributed by atoms with E-state index in [2.05, 4.69) is 39.0 Å². The van der Waals surface area contributed by atoms with E-state index in [4.69, 9.17) is 13.9 Å². The molecular formula is C40H51NO7. The third-order valence-corrected chi connectivity index (χ3v) is 13.8. The number of carbonyl (C=O) groups excluding carboxylic acids is 2. The van der Waals surface area contributed by atoms with Crippen molar-refractivity contribution in [2.45, 2.75) is 90.3 Å². The van der Waals surface area contributed by atoms with Gasteiger partial charge in [0.15, 0.2) is 17.3 Å². The molecule has 258 valence electrons. The highest BCUT2D eigenvalue weighted by Gasteiger charge is 2.74. The molecule has 0 saturated heterocycles. The van der Waals surface area contributed by atoms with Crippen LogP contribution >= 0.6 is 0 Å². The minimum Gasteiger partial charge on any atom is -0.493 e. The fourth-order valence-electron chi connectivity index (χ4n) is 11.3. The molecular weight excluding hydrogens is 606 g/mol. The van der Waals surface area contributed by atoms with Crippen molar-refractivity contribution in [3.05, 3.63) is 71.7 Å². The van der Waals surface area contributed by atoms with Crippen LogP contribution in [0.25, 0.3) is 0 Å². The fraction of sp³-hybridized carbons (Fsp3) is 0.600. The quantitative estimate of drug-likeness (QED) is 0.220. The van der Waals surface area contributed by atoms with Gasteiger partial charge in [-0.25, -0.2) is 0 Å². The van der Waals surface area contributed by atoms with Crippen LogP contribution in [-0.4, -0.2) is 65.8 Å². The predicted molar refractivity (Wildman–Crippen MR) is 182 cm³/mol. The first kappa shape index (κ1) is 33.2. The van der Waals surface area contributed by atoms with Crippen molar-refractivity contribution < 1.29 is 33.7 Å². The van der Waals surface area contributed by atoms with Crippen LogP contribution in [0.3, 0.4) is 0 Å². The lowest BCUT2D eigenvalue weighted by Gasteiger charge is -2.71. The molecule has 8 nitrogen and oxygen atoms in total. The molecule has 8 rings (SSSR count). The highest BCUT2D eigenvalue weighted by molar-refractivity contribution is 6.08. The number of aliphatic hydroxyl groups is 2. The number of nitrogens with zero attached hydrogens (tertiary/aromatic N) is 1. The van der Waals surface area contributed by atoms with Gasteiger partial charge in [-0.15, -0.1) is 0 Å². The molecule has 3 saturated carbocycles. The van der Waals surface area contributed by atoms with Crippen molar-refractivity contribution in [3.63, 3.8) is 0 Å². The Labute approximate surface area is 284 Å². The van der Waals surface area contributed by atoms with E-state index in [0.29, 0.717) is 36.6 Å². The van der Waals surface area contributed by atoms with E-state index < -0.39 is 27.9 Å². The molecule has 2 bridgehead atoms. The number of fused-ring (bicyclic) bond motifs is 1. The summed E-state index contributed by atoms with van der Waals surface area (Å²) < 4.78 is 16.6. The predicted octanol–water partition coefficient (Wildman–Crippen LogP) is 6.55. The summed E-state index contributed by atoms with van der Waals surface area (Å²) in [5.74, 6) is 1.60. The summed E-state index contributed by atoms with van der Waals surface area (Å²) in [7, 11) is 3.18. The summed E-state index contributed by atoms with van der Waals surface area (Å²) in [5.41, 5.74) is -1.14. The van der Waals surface area contributed by atoms with Gasteiger partial charge in [0.1, 0.15) is 0 Å². The lowest BCUT2D eigenvalue weighted by atomic mass is 9.32. The van der Waals surface area contributed by atoms with E-state index in [1.54, 1.807) is 32.6 Å². The number of rotatable bonds is 10. The van der Waals surface area contributed by atoms with Crippen LogP contribution in [0.2, 0.25) is 0 Å². The smallest absolute Gasteiger partial charge is 0.227 e. The van der Waals surface area contributed by atoms with Crippen molar-refractivity contribution in [3.8, 4) is 11.5 Å². The minimum absolute atomic E-state index is 0.00145. The number of allylic oxidation sites excluding steroid dienone is 4. The molecule has 2 N–H and O–H groups in total. The molecule has 0 radical (unpaired) electrons. The van der Waals surface area contributed by atoms with Crippen LogP contribution in [0, 0.1) is 33.5 Å². The number of ketones is 1. The first-order valence-corrected chi connectivity index (χ1v) is 17.8. The molecule has 2 aromatic rings. The topological polar surface area (TPSA) is 109 Å². The molecule has 6 aliphatic rings. The van der Waals surface area contributed by atoms with Crippen molar-refractivity contribution in [1.29, 1.82) is 0 Å². The van der Waals surface area contributed by atoms with Crippen LogP contribution in [0.15, 0.2) is 64.8 Å². The minimum atomic E-state index is -1.12. The molecule has 8 atom stereocenters. The second-order valence-corrected chi connectivity index (χ2v) is 15.8. The maximum Gasteiger partial charge on any atom is 0.227 e. The van der Waals surface area contributed by atoms with Gasteiger partial charge in [0.05, 0.1) is 38.6 Å². The molecule has 0 aliphatic heterocycles. The van der Waals surface area contributed by atoms with Gasteiger partial charge in [-0.1, -0.05) is 45.1 Å². The van der Waals surface area contributed by atoms with Crippen LogP contribution in [0.1, 0.15) is 88.3 Å². The Morgan fingerprint density at radius 2 is 1.71 bits per heavy atom. The summed E-state index contributed by atoms with van der Waals surface area (Å²) in [6.07, 6.45) is 14.2. The normalized spacial score (nSPS) is 37.6. The second-order valence-electron chi connectivity index (χ2n) is 15.8. The number of carbonyl (C=O) groups is 2. The zero-order valence-corrected chi connectivity index (χ0v) is 29.1. The van der Waals surface area contributed by atoms with Gasteiger partial charge in [0.25, 0.3) is 0 Å². The van der Waals surface area contributed by atoms with E-state index in [1.807, 2.05) is 23.1 Å². The number of ether oxygens (including phenoxy) is 2. The number of Topliss-reactive ketones (excluding diaryl/α,β-unsaturated/α-hetero) is 1. The maximum atomic E-state index is 14.4. The van der Waals surface area contributed by atoms with E-state index >= 15 is 0 Å². The number of hydrogen-bond donors (Lipinski definition) is 2. The van der Waals surface area contributed by atoms with Crippen molar-refractivity contribution in [2.75, 3.05) is 27.3 Å². The molecule has 1 aromatic carbocycles. The van der Waals surface area contributed by atoms with Crippen LogP contribution in [0.4, 0.5) is 0 Å². The molecule has 8 heteroatoms. The molecule has 1 amide bonds. The fourth-order valence-corrected chi connectivity index (χ4v) is 11.3. The zero-order chi connectivity index (χ0) is 34.1. The molecule has 1 aromatic heterocycles. The molecule has 2 spiro atoms. The Morgan fingerprint density at radius 3 is 2.42 bits per heavy atom. The van der Waals surface area contributed by atoms with Crippen LogP contribution in [-0.2, 0) is 11.2 Å². The van der Waals surface area contributed by atoms with Gasteiger partial charge in [-0.05, 0) is 98.4 Å². The molecule has 3 fully saturated rings. The third-order valence-electron chi connectivity index (χ3n) is 13.8. The number of methoxy groups -OCH3 is 2. The van der Waals surface area contributed by atoms with Gasteiger partial charge in [-0.2, -0.15) is 0 Å². The second kappa shape index (κ2) is 11.6. The first-order chi connectivity index (χ1) is 22.9. The monoisotopic (exact) mass is 657 g/mol. The number of furan rings is 1. The Balaban J connectivity index is 1.24. The lowest BCUT2D eigenvalue weighted by Crippen LogP contribution is -2.67. The lowest BCUT2D eigenvalue weighted by molar-refractivity contribution is -0.178. The van der Waals surface area contributed by atoms with Crippen molar-refractivity contribution in [1.82, 2.24) is 4.90 Å². The molecule has 1 heterocycles. The number of amides is 1. The summed E-state index contributed by atoms with van der Waals surface area (Å²) in [4.78, 5) is 30.2. The largest absolute Gasteiger partial charge is 0.493 e. The highest BCUT2D eigenvalue weighted by Crippen LogP contribution is 2.78. The average molecular weight is 658 g/mol. The van der Waals surface area contributed by atoms with Crippen LogP contribution < -0.4 is 9.47 Å². The summed E-state index contributed by atoms with van der Waals surface area (Å²) in [5, 5.41) is 23.8. The molecule has 6 aliphatic carbocycles. The number of benzene rings is 1. The molecule has 48 heavy (non-hydrogen) atoms. The van der Waals surface area contributed by atoms with Gasteiger partial charge in [0, 0.05) is 34.9 Å². The van der Waals surface area contributed by atoms with Crippen LogP contribution in [0.5, 0.6) is 11.5 Å². The van der Waals surface area contributed by atoms with Gasteiger partial charge < -0.3 is 29.0 Å². The van der Waals surface area contributed by atoms with Gasteiger partial charge in [-0.3, -0.25) is 9.59 Å². The Morgan fingerprint density at radius 1 is 0.979 bits per heavy atom.